The van der Waals surface area contributed by atoms with Gasteiger partial charge >= 0.3 is 5.97 Å². The van der Waals surface area contributed by atoms with Crippen LogP contribution < -0.4 is 5.32 Å². The Morgan fingerprint density at radius 2 is 2.00 bits per heavy atom. The van der Waals surface area contributed by atoms with Crippen LogP contribution in [0.2, 0.25) is 0 Å². The summed E-state index contributed by atoms with van der Waals surface area (Å²) in [6.07, 6.45) is 0. The standard InChI is InChI=1S/C15H11NO4S/c17-14(11-8-21-13-4-2-1-3-10(11)13)16-7-9-5-6-12(20-9)15(18)19/h1-6,8H,7H2,(H,16,17)(H,18,19). The van der Waals surface area contributed by atoms with Gasteiger partial charge in [0.05, 0.1) is 12.1 Å². The first-order chi connectivity index (χ1) is 10.1. The zero-order chi connectivity index (χ0) is 14.8. The van der Waals surface area contributed by atoms with Crippen molar-refractivity contribution in [2.24, 2.45) is 0 Å². The van der Waals surface area contributed by atoms with Gasteiger partial charge in [-0.2, -0.15) is 0 Å². The minimum Gasteiger partial charge on any atom is -0.475 e. The van der Waals surface area contributed by atoms with Gasteiger partial charge in [-0.3, -0.25) is 4.79 Å². The van der Waals surface area contributed by atoms with E-state index in [9.17, 15) is 9.59 Å². The second kappa shape index (κ2) is 5.41. The van der Waals surface area contributed by atoms with Gasteiger partial charge in [-0.05, 0) is 18.2 Å². The summed E-state index contributed by atoms with van der Waals surface area (Å²) in [7, 11) is 0. The third kappa shape index (κ3) is 2.66. The van der Waals surface area contributed by atoms with Gasteiger partial charge < -0.3 is 14.8 Å². The highest BCUT2D eigenvalue weighted by Crippen LogP contribution is 2.25. The van der Waals surface area contributed by atoms with Crippen molar-refractivity contribution in [3.05, 3.63) is 58.9 Å². The highest BCUT2D eigenvalue weighted by atomic mass is 32.1. The molecule has 5 nitrogen and oxygen atoms in total. The normalized spacial score (nSPS) is 10.7. The van der Waals surface area contributed by atoms with Crippen LogP contribution in [0.1, 0.15) is 26.7 Å². The van der Waals surface area contributed by atoms with Crippen molar-refractivity contribution in [3.63, 3.8) is 0 Å². The van der Waals surface area contributed by atoms with Crippen LogP contribution >= 0.6 is 11.3 Å². The van der Waals surface area contributed by atoms with E-state index in [0.29, 0.717) is 11.3 Å². The number of rotatable bonds is 4. The molecule has 0 fully saturated rings. The summed E-state index contributed by atoms with van der Waals surface area (Å²) in [5, 5.41) is 14.2. The molecule has 1 aromatic carbocycles. The molecule has 2 N–H and O–H groups in total. The topological polar surface area (TPSA) is 79.5 Å². The number of nitrogens with one attached hydrogen (secondary N) is 1. The first kappa shape index (κ1) is 13.4. The van der Waals surface area contributed by atoms with Gasteiger partial charge in [-0.15, -0.1) is 11.3 Å². The average molecular weight is 301 g/mol. The lowest BCUT2D eigenvalue weighted by atomic mass is 10.1. The third-order valence-electron chi connectivity index (χ3n) is 3.02. The van der Waals surface area contributed by atoms with E-state index >= 15 is 0 Å². The fourth-order valence-corrected chi connectivity index (χ4v) is 2.95. The molecule has 0 unspecified atom stereocenters. The maximum atomic E-state index is 12.2. The van der Waals surface area contributed by atoms with Crippen LogP contribution in [0.25, 0.3) is 10.1 Å². The monoisotopic (exact) mass is 301 g/mol. The van der Waals surface area contributed by atoms with Gasteiger partial charge in [0.2, 0.25) is 5.76 Å². The van der Waals surface area contributed by atoms with Crippen LogP contribution in [0.4, 0.5) is 0 Å². The largest absolute Gasteiger partial charge is 0.475 e. The maximum absolute atomic E-state index is 12.2. The molecule has 106 valence electrons. The summed E-state index contributed by atoms with van der Waals surface area (Å²) in [5.41, 5.74) is 0.612. The molecular weight excluding hydrogens is 290 g/mol. The van der Waals surface area contributed by atoms with E-state index in [1.807, 2.05) is 29.6 Å². The van der Waals surface area contributed by atoms with Crippen molar-refractivity contribution in [3.8, 4) is 0 Å². The quantitative estimate of drug-likeness (QED) is 0.776. The van der Waals surface area contributed by atoms with Crippen molar-refractivity contribution in [1.82, 2.24) is 5.32 Å². The van der Waals surface area contributed by atoms with Crippen LogP contribution in [0.3, 0.4) is 0 Å². The number of aromatic carboxylic acids is 1. The lowest BCUT2D eigenvalue weighted by Gasteiger charge is -2.02. The summed E-state index contributed by atoms with van der Waals surface area (Å²) < 4.78 is 6.14. The molecular formula is C15H11NO4S. The van der Waals surface area contributed by atoms with E-state index in [0.717, 1.165) is 10.1 Å². The number of benzene rings is 1. The van der Waals surface area contributed by atoms with E-state index in [2.05, 4.69) is 5.32 Å². The van der Waals surface area contributed by atoms with Gasteiger partial charge in [0.25, 0.3) is 5.91 Å². The zero-order valence-corrected chi connectivity index (χ0v) is 11.6. The molecule has 2 aromatic heterocycles. The predicted octanol–water partition coefficient (Wildman–Crippen LogP) is 3.12. The van der Waals surface area contributed by atoms with Crippen LogP contribution in [-0.2, 0) is 6.54 Å². The molecule has 6 heteroatoms. The minimum absolute atomic E-state index is 0.139. The van der Waals surface area contributed by atoms with Crippen LogP contribution in [0.5, 0.6) is 0 Å². The fraction of sp³-hybridized carbons (Fsp3) is 0.0667. The number of carbonyl (C=O) groups excluding carboxylic acids is 1. The van der Waals surface area contributed by atoms with Gasteiger partial charge in [0.1, 0.15) is 5.76 Å². The van der Waals surface area contributed by atoms with E-state index < -0.39 is 5.97 Å². The molecule has 0 saturated heterocycles. The number of thiophene rings is 1. The van der Waals surface area contributed by atoms with E-state index in [-0.39, 0.29) is 18.2 Å². The Morgan fingerprint density at radius 3 is 2.76 bits per heavy atom. The minimum atomic E-state index is -1.13. The molecule has 3 rings (SSSR count). The number of carboxylic acid groups (broad SMARTS) is 1. The summed E-state index contributed by atoms with van der Waals surface area (Å²) in [5.74, 6) is -1.07. The molecule has 3 aromatic rings. The van der Waals surface area contributed by atoms with Crippen molar-refractivity contribution >= 4 is 33.3 Å². The Morgan fingerprint density at radius 1 is 1.19 bits per heavy atom. The lowest BCUT2D eigenvalue weighted by Crippen LogP contribution is -2.22. The van der Waals surface area contributed by atoms with Gasteiger partial charge in [0, 0.05) is 15.5 Å². The molecule has 1 amide bonds. The predicted molar refractivity (Wildman–Crippen MR) is 78.7 cm³/mol. The Bertz CT molecular complexity index is 818. The molecule has 21 heavy (non-hydrogen) atoms. The van der Waals surface area contributed by atoms with E-state index in [1.54, 1.807) is 0 Å². The first-order valence-corrected chi connectivity index (χ1v) is 7.09. The lowest BCUT2D eigenvalue weighted by molar-refractivity contribution is 0.0660. The van der Waals surface area contributed by atoms with Crippen molar-refractivity contribution in [1.29, 1.82) is 0 Å². The SMILES string of the molecule is O=C(O)c1ccc(CNC(=O)c2csc3ccccc23)o1. The second-order valence-corrected chi connectivity index (χ2v) is 5.31. The van der Waals surface area contributed by atoms with Crippen LogP contribution in [0.15, 0.2) is 46.2 Å². The number of hydrogen-bond donors (Lipinski definition) is 2. The average Bonchev–Trinajstić information content (AvgIpc) is 3.11. The summed E-state index contributed by atoms with van der Waals surface area (Å²) in [6.45, 7) is 0.149. The second-order valence-electron chi connectivity index (χ2n) is 4.40. The van der Waals surface area contributed by atoms with Gasteiger partial charge in [0.15, 0.2) is 0 Å². The maximum Gasteiger partial charge on any atom is 0.371 e. The Balaban J connectivity index is 1.72. The van der Waals surface area contributed by atoms with Crippen LogP contribution in [0, 0.1) is 0 Å². The van der Waals surface area contributed by atoms with Gasteiger partial charge in [-0.1, -0.05) is 18.2 Å². The molecule has 2 heterocycles. The number of carbonyl (C=O) groups is 2. The Kier molecular flexibility index (Phi) is 3.45. The molecule has 0 aliphatic rings. The summed E-state index contributed by atoms with van der Waals surface area (Å²) in [6, 6.07) is 10.6. The van der Waals surface area contributed by atoms with E-state index in [1.165, 1.54) is 23.5 Å². The van der Waals surface area contributed by atoms with Crippen molar-refractivity contribution in [2.75, 3.05) is 0 Å². The number of furan rings is 1. The Hall–Kier alpha value is -2.60. The highest BCUT2D eigenvalue weighted by molar-refractivity contribution is 7.17. The third-order valence-corrected chi connectivity index (χ3v) is 3.98. The number of fused-ring (bicyclic) bond motifs is 1. The number of hydrogen-bond acceptors (Lipinski definition) is 4. The molecule has 0 radical (unpaired) electrons. The first-order valence-electron chi connectivity index (χ1n) is 6.21. The summed E-state index contributed by atoms with van der Waals surface area (Å²) in [4.78, 5) is 22.9. The fourth-order valence-electron chi connectivity index (χ4n) is 2.00. The molecule has 0 saturated carbocycles. The molecule has 0 aliphatic carbocycles. The Labute approximate surface area is 123 Å². The molecule has 0 aliphatic heterocycles. The van der Waals surface area contributed by atoms with Crippen LogP contribution in [-0.4, -0.2) is 17.0 Å². The highest BCUT2D eigenvalue weighted by Gasteiger charge is 2.13. The smallest absolute Gasteiger partial charge is 0.371 e. The molecule has 0 bridgehead atoms. The van der Waals surface area contributed by atoms with Crippen molar-refractivity contribution < 1.29 is 19.1 Å². The summed E-state index contributed by atoms with van der Waals surface area (Å²) >= 11 is 1.51. The van der Waals surface area contributed by atoms with Crippen molar-refractivity contribution in [2.45, 2.75) is 6.54 Å². The van der Waals surface area contributed by atoms with Gasteiger partial charge in [-0.25, -0.2) is 4.79 Å². The molecule has 0 spiro atoms. The van der Waals surface area contributed by atoms with E-state index in [4.69, 9.17) is 9.52 Å². The number of amides is 1. The zero-order valence-electron chi connectivity index (χ0n) is 10.8. The number of carboxylic acids is 1. The molecule has 0 atom stereocenters.